The van der Waals surface area contributed by atoms with Gasteiger partial charge >= 0.3 is 0 Å². The van der Waals surface area contributed by atoms with E-state index in [4.69, 9.17) is 5.73 Å². The van der Waals surface area contributed by atoms with Gasteiger partial charge in [0, 0.05) is 16.8 Å². The summed E-state index contributed by atoms with van der Waals surface area (Å²) in [5, 5.41) is 5.17. The number of nitrogens with one attached hydrogen (secondary N) is 2. The van der Waals surface area contributed by atoms with Crippen molar-refractivity contribution in [1.82, 2.24) is 5.32 Å². The Bertz CT molecular complexity index is 999. The Hall–Kier alpha value is -3.93. The molecule has 0 aliphatic carbocycles. The summed E-state index contributed by atoms with van der Waals surface area (Å²) in [5.41, 5.74) is 8.40. The number of hydrogen-bond donors (Lipinski definition) is 3. The number of hydrogen-bond acceptors (Lipinski definition) is 3. The molecule has 4 N–H and O–H groups in total. The lowest BCUT2D eigenvalue weighted by Crippen LogP contribution is -2.33. The van der Waals surface area contributed by atoms with Crippen LogP contribution >= 0.6 is 0 Å². The first kappa shape index (κ1) is 18.8. The van der Waals surface area contributed by atoms with E-state index >= 15 is 0 Å². The molecule has 3 aromatic rings. The highest BCUT2D eigenvalue weighted by molar-refractivity contribution is 6.05. The van der Waals surface area contributed by atoms with Crippen molar-refractivity contribution in [2.75, 3.05) is 11.9 Å². The summed E-state index contributed by atoms with van der Waals surface area (Å²) in [6.07, 6.45) is 0. The van der Waals surface area contributed by atoms with E-state index in [0.717, 1.165) is 11.1 Å². The van der Waals surface area contributed by atoms with Crippen LogP contribution in [0.1, 0.15) is 20.7 Å². The SMILES string of the molecule is NC(=O)CNC(=O)c1cccc(NC(=O)c2ccc(-c3ccccc3)cc2)c1. The second-order valence-electron chi connectivity index (χ2n) is 6.13. The summed E-state index contributed by atoms with van der Waals surface area (Å²) in [4.78, 5) is 35.3. The molecular weight excluding hydrogens is 354 g/mol. The summed E-state index contributed by atoms with van der Waals surface area (Å²) in [6.45, 7) is -0.247. The maximum atomic E-state index is 12.5. The number of carbonyl (C=O) groups is 3. The molecule has 0 fully saturated rings. The minimum atomic E-state index is -0.628. The highest BCUT2D eigenvalue weighted by Gasteiger charge is 2.10. The molecular formula is C22H19N3O3. The highest BCUT2D eigenvalue weighted by Crippen LogP contribution is 2.20. The Morgan fingerprint density at radius 2 is 1.39 bits per heavy atom. The van der Waals surface area contributed by atoms with Crippen LogP contribution in [0, 0.1) is 0 Å². The average molecular weight is 373 g/mol. The standard InChI is InChI=1S/C22H19N3O3/c23-20(26)14-24-21(27)18-7-4-8-19(13-18)25-22(28)17-11-9-16(10-12-17)15-5-2-1-3-6-15/h1-13H,14H2,(H2,23,26)(H,24,27)(H,25,28). The molecule has 3 amide bonds. The van der Waals surface area contributed by atoms with Crippen molar-refractivity contribution in [1.29, 1.82) is 0 Å². The maximum Gasteiger partial charge on any atom is 0.255 e. The van der Waals surface area contributed by atoms with Crippen LogP contribution in [0.25, 0.3) is 11.1 Å². The third kappa shape index (κ3) is 4.82. The van der Waals surface area contributed by atoms with Gasteiger partial charge in [0.1, 0.15) is 0 Å². The quantitative estimate of drug-likeness (QED) is 0.619. The zero-order valence-corrected chi connectivity index (χ0v) is 15.0. The fourth-order valence-corrected chi connectivity index (χ4v) is 2.66. The molecule has 0 radical (unpaired) electrons. The van der Waals surface area contributed by atoms with Gasteiger partial charge in [-0.05, 0) is 41.5 Å². The van der Waals surface area contributed by atoms with Gasteiger partial charge in [0.05, 0.1) is 6.54 Å². The van der Waals surface area contributed by atoms with Gasteiger partial charge in [-0.1, -0.05) is 48.5 Å². The Morgan fingerprint density at radius 3 is 2.07 bits per heavy atom. The van der Waals surface area contributed by atoms with Crippen molar-refractivity contribution in [3.8, 4) is 11.1 Å². The Kier molecular flexibility index (Phi) is 5.81. The van der Waals surface area contributed by atoms with E-state index < -0.39 is 11.8 Å². The van der Waals surface area contributed by atoms with E-state index in [-0.39, 0.29) is 12.5 Å². The molecule has 28 heavy (non-hydrogen) atoms. The van der Waals surface area contributed by atoms with E-state index in [1.807, 2.05) is 42.5 Å². The third-order valence-corrected chi connectivity index (χ3v) is 4.06. The normalized spacial score (nSPS) is 10.1. The van der Waals surface area contributed by atoms with Crippen molar-refractivity contribution in [3.05, 3.63) is 90.0 Å². The van der Waals surface area contributed by atoms with Gasteiger partial charge in [-0.2, -0.15) is 0 Å². The van der Waals surface area contributed by atoms with Gasteiger partial charge in [0.15, 0.2) is 0 Å². The van der Waals surface area contributed by atoms with E-state index in [0.29, 0.717) is 16.8 Å². The fourth-order valence-electron chi connectivity index (χ4n) is 2.66. The molecule has 3 aromatic carbocycles. The molecule has 0 aromatic heterocycles. The third-order valence-electron chi connectivity index (χ3n) is 4.06. The summed E-state index contributed by atoms with van der Waals surface area (Å²) in [6, 6.07) is 23.6. The lowest BCUT2D eigenvalue weighted by Gasteiger charge is -2.08. The van der Waals surface area contributed by atoms with Gasteiger partial charge in [0.25, 0.3) is 11.8 Å². The van der Waals surface area contributed by atoms with Crippen LogP contribution in [0.3, 0.4) is 0 Å². The predicted octanol–water partition coefficient (Wildman–Crippen LogP) is 2.82. The number of rotatable bonds is 6. The summed E-state index contributed by atoms with van der Waals surface area (Å²) in [7, 11) is 0. The molecule has 0 aliphatic rings. The van der Waals surface area contributed by atoms with Crippen LogP contribution in [-0.4, -0.2) is 24.3 Å². The number of carbonyl (C=O) groups excluding carboxylic acids is 3. The van der Waals surface area contributed by atoms with E-state index in [2.05, 4.69) is 10.6 Å². The smallest absolute Gasteiger partial charge is 0.255 e. The molecule has 0 saturated carbocycles. The van der Waals surface area contributed by atoms with E-state index in [9.17, 15) is 14.4 Å². The minimum absolute atomic E-state index is 0.247. The molecule has 0 aliphatic heterocycles. The largest absolute Gasteiger partial charge is 0.368 e. The second kappa shape index (κ2) is 8.64. The first-order valence-corrected chi connectivity index (χ1v) is 8.66. The monoisotopic (exact) mass is 373 g/mol. The van der Waals surface area contributed by atoms with Gasteiger partial charge < -0.3 is 16.4 Å². The van der Waals surface area contributed by atoms with Crippen molar-refractivity contribution in [2.45, 2.75) is 0 Å². The van der Waals surface area contributed by atoms with Crippen molar-refractivity contribution >= 4 is 23.4 Å². The zero-order chi connectivity index (χ0) is 19.9. The Balaban J connectivity index is 1.68. The van der Waals surface area contributed by atoms with Crippen LogP contribution in [0.4, 0.5) is 5.69 Å². The maximum absolute atomic E-state index is 12.5. The number of nitrogens with two attached hydrogens (primary N) is 1. The van der Waals surface area contributed by atoms with Crippen LogP contribution in [-0.2, 0) is 4.79 Å². The number of primary amides is 1. The molecule has 3 rings (SSSR count). The molecule has 0 spiro atoms. The van der Waals surface area contributed by atoms with Crippen LogP contribution in [0.2, 0.25) is 0 Å². The van der Waals surface area contributed by atoms with Gasteiger partial charge in [-0.3, -0.25) is 14.4 Å². The Labute approximate surface area is 162 Å². The molecule has 0 heterocycles. The Morgan fingerprint density at radius 1 is 0.714 bits per heavy atom. The fraction of sp³-hybridized carbons (Fsp3) is 0.0455. The summed E-state index contributed by atoms with van der Waals surface area (Å²) in [5.74, 6) is -1.35. The lowest BCUT2D eigenvalue weighted by atomic mass is 10.0. The number of amides is 3. The second-order valence-corrected chi connectivity index (χ2v) is 6.13. The van der Waals surface area contributed by atoms with Crippen LogP contribution in [0.5, 0.6) is 0 Å². The van der Waals surface area contributed by atoms with Gasteiger partial charge in [-0.25, -0.2) is 0 Å². The summed E-state index contributed by atoms with van der Waals surface area (Å²) >= 11 is 0. The first-order chi connectivity index (χ1) is 13.5. The van der Waals surface area contributed by atoms with Gasteiger partial charge in [-0.15, -0.1) is 0 Å². The van der Waals surface area contributed by atoms with Crippen molar-refractivity contribution < 1.29 is 14.4 Å². The zero-order valence-electron chi connectivity index (χ0n) is 15.0. The minimum Gasteiger partial charge on any atom is -0.368 e. The van der Waals surface area contributed by atoms with Crippen LogP contribution < -0.4 is 16.4 Å². The van der Waals surface area contributed by atoms with Gasteiger partial charge in [0.2, 0.25) is 5.91 Å². The average Bonchev–Trinajstić information content (AvgIpc) is 2.73. The predicted molar refractivity (Wildman–Crippen MR) is 108 cm³/mol. The molecule has 0 saturated heterocycles. The molecule has 0 bridgehead atoms. The highest BCUT2D eigenvalue weighted by atomic mass is 16.2. The van der Waals surface area contributed by atoms with Crippen molar-refractivity contribution in [3.63, 3.8) is 0 Å². The summed E-state index contributed by atoms with van der Waals surface area (Å²) < 4.78 is 0. The van der Waals surface area contributed by atoms with E-state index in [1.165, 1.54) is 6.07 Å². The van der Waals surface area contributed by atoms with Crippen molar-refractivity contribution in [2.24, 2.45) is 5.73 Å². The topological polar surface area (TPSA) is 101 Å². The van der Waals surface area contributed by atoms with E-state index in [1.54, 1.807) is 30.3 Å². The number of anilines is 1. The molecule has 6 nitrogen and oxygen atoms in total. The molecule has 0 atom stereocenters. The molecule has 6 heteroatoms. The van der Waals surface area contributed by atoms with Crippen LogP contribution in [0.15, 0.2) is 78.9 Å². The molecule has 0 unspecified atom stereocenters. The lowest BCUT2D eigenvalue weighted by molar-refractivity contribution is -0.117. The number of benzene rings is 3. The molecule has 140 valence electrons. The first-order valence-electron chi connectivity index (χ1n) is 8.66.